The van der Waals surface area contributed by atoms with Crippen molar-refractivity contribution in [2.45, 2.75) is 13.0 Å². The second-order valence-electron chi connectivity index (χ2n) is 4.13. The van der Waals surface area contributed by atoms with E-state index in [0.717, 1.165) is 0 Å². The molecule has 6 heteroatoms. The van der Waals surface area contributed by atoms with Gasteiger partial charge in [-0.2, -0.15) is 4.98 Å². The van der Waals surface area contributed by atoms with Crippen LogP contribution in [0.15, 0.2) is 36.5 Å². The van der Waals surface area contributed by atoms with Crippen molar-refractivity contribution in [3.05, 3.63) is 42.3 Å². The number of benzene rings is 1. The van der Waals surface area contributed by atoms with Crippen molar-refractivity contribution in [2.75, 3.05) is 17.2 Å². The number of hydrogen-bond donors (Lipinski definition) is 3. The molecule has 0 aliphatic rings. The molecule has 2 aromatic rings. The highest BCUT2D eigenvalue weighted by molar-refractivity contribution is 5.54. The largest absolute Gasteiger partial charge is 0.394 e. The lowest BCUT2D eigenvalue weighted by atomic mass is 10.3. The summed E-state index contributed by atoms with van der Waals surface area (Å²) in [4.78, 5) is 8.27. The Morgan fingerprint density at radius 3 is 2.95 bits per heavy atom. The molecule has 5 nitrogen and oxygen atoms in total. The van der Waals surface area contributed by atoms with Crippen LogP contribution < -0.4 is 10.6 Å². The van der Waals surface area contributed by atoms with Gasteiger partial charge in [0, 0.05) is 17.9 Å². The topological polar surface area (TPSA) is 70.1 Å². The van der Waals surface area contributed by atoms with E-state index in [-0.39, 0.29) is 18.5 Å². The SMILES string of the molecule is C[C@H](CO)Nc1ccnc(Nc2cccc(F)c2)n1. The van der Waals surface area contributed by atoms with Crippen molar-refractivity contribution >= 4 is 17.5 Å². The number of anilines is 3. The first kappa shape index (κ1) is 13.2. The molecular weight excluding hydrogens is 247 g/mol. The van der Waals surface area contributed by atoms with Crippen molar-refractivity contribution in [1.82, 2.24) is 9.97 Å². The maximum absolute atomic E-state index is 13.0. The summed E-state index contributed by atoms with van der Waals surface area (Å²) in [6.07, 6.45) is 1.58. The van der Waals surface area contributed by atoms with E-state index in [1.165, 1.54) is 12.1 Å². The summed E-state index contributed by atoms with van der Waals surface area (Å²) in [5.41, 5.74) is 0.576. The van der Waals surface area contributed by atoms with Crippen LogP contribution in [0.3, 0.4) is 0 Å². The van der Waals surface area contributed by atoms with Gasteiger partial charge in [-0.05, 0) is 31.2 Å². The summed E-state index contributed by atoms with van der Waals surface area (Å²) in [6.45, 7) is 1.85. The number of aliphatic hydroxyl groups excluding tert-OH is 1. The van der Waals surface area contributed by atoms with Crippen LogP contribution >= 0.6 is 0 Å². The second kappa shape index (κ2) is 6.10. The van der Waals surface area contributed by atoms with Gasteiger partial charge >= 0.3 is 0 Å². The van der Waals surface area contributed by atoms with Crippen molar-refractivity contribution < 1.29 is 9.50 Å². The van der Waals surface area contributed by atoms with E-state index in [9.17, 15) is 4.39 Å². The maximum atomic E-state index is 13.0. The molecular formula is C13H15FN4O. The van der Waals surface area contributed by atoms with Gasteiger partial charge in [-0.15, -0.1) is 0 Å². The second-order valence-corrected chi connectivity index (χ2v) is 4.13. The summed E-state index contributed by atoms with van der Waals surface area (Å²) < 4.78 is 13.0. The van der Waals surface area contributed by atoms with E-state index in [2.05, 4.69) is 20.6 Å². The molecule has 1 atom stereocenters. The number of nitrogens with zero attached hydrogens (tertiary/aromatic N) is 2. The first-order valence-corrected chi connectivity index (χ1v) is 5.90. The molecule has 0 aliphatic carbocycles. The lowest BCUT2D eigenvalue weighted by molar-refractivity contribution is 0.281. The van der Waals surface area contributed by atoms with Crippen molar-refractivity contribution in [1.29, 1.82) is 0 Å². The Morgan fingerprint density at radius 2 is 2.21 bits per heavy atom. The average molecular weight is 262 g/mol. The fraction of sp³-hybridized carbons (Fsp3) is 0.231. The molecule has 1 aromatic heterocycles. The van der Waals surface area contributed by atoms with E-state index in [4.69, 9.17) is 5.11 Å². The third-order valence-corrected chi connectivity index (χ3v) is 2.40. The van der Waals surface area contributed by atoms with E-state index < -0.39 is 0 Å². The third-order valence-electron chi connectivity index (χ3n) is 2.40. The molecule has 2 rings (SSSR count). The van der Waals surface area contributed by atoms with Gasteiger partial charge in [0.1, 0.15) is 11.6 Å². The monoisotopic (exact) mass is 262 g/mol. The number of halogens is 1. The summed E-state index contributed by atoms with van der Waals surface area (Å²) in [6, 6.07) is 7.66. The molecule has 0 saturated heterocycles. The van der Waals surface area contributed by atoms with Crippen LogP contribution in [0, 0.1) is 5.82 Å². The standard InChI is InChI=1S/C13H15FN4O/c1-9(8-19)16-12-5-6-15-13(18-12)17-11-4-2-3-10(14)7-11/h2-7,9,19H,8H2,1H3,(H2,15,16,17,18)/t9-/m1/s1. The number of aromatic nitrogens is 2. The molecule has 0 bridgehead atoms. The van der Waals surface area contributed by atoms with Gasteiger partial charge in [0.25, 0.3) is 0 Å². The molecule has 0 fully saturated rings. The maximum Gasteiger partial charge on any atom is 0.229 e. The molecule has 0 saturated carbocycles. The van der Waals surface area contributed by atoms with Crippen molar-refractivity contribution in [3.63, 3.8) is 0 Å². The van der Waals surface area contributed by atoms with E-state index in [1.54, 1.807) is 24.4 Å². The first-order chi connectivity index (χ1) is 9.17. The van der Waals surface area contributed by atoms with Crippen LogP contribution in [0.1, 0.15) is 6.92 Å². The normalized spacial score (nSPS) is 11.9. The number of hydrogen-bond acceptors (Lipinski definition) is 5. The van der Waals surface area contributed by atoms with Crippen LogP contribution in [0.4, 0.5) is 21.8 Å². The van der Waals surface area contributed by atoms with Gasteiger partial charge in [0.05, 0.1) is 6.61 Å². The molecule has 0 spiro atoms. The number of aliphatic hydroxyl groups is 1. The van der Waals surface area contributed by atoms with Crippen LogP contribution in [-0.4, -0.2) is 27.7 Å². The number of rotatable bonds is 5. The Labute approximate surface area is 110 Å². The molecule has 1 aromatic carbocycles. The third kappa shape index (κ3) is 3.89. The van der Waals surface area contributed by atoms with Crippen LogP contribution in [0.25, 0.3) is 0 Å². The quantitative estimate of drug-likeness (QED) is 0.770. The van der Waals surface area contributed by atoms with Crippen molar-refractivity contribution in [3.8, 4) is 0 Å². The predicted octanol–water partition coefficient (Wildman–Crippen LogP) is 2.15. The van der Waals surface area contributed by atoms with E-state index in [0.29, 0.717) is 17.5 Å². The summed E-state index contributed by atoms with van der Waals surface area (Å²) >= 11 is 0. The minimum absolute atomic E-state index is 0.0106. The van der Waals surface area contributed by atoms with Crippen LogP contribution in [-0.2, 0) is 0 Å². The predicted molar refractivity (Wildman–Crippen MR) is 71.9 cm³/mol. The van der Waals surface area contributed by atoms with Gasteiger partial charge in [-0.1, -0.05) is 6.07 Å². The Kier molecular flexibility index (Phi) is 4.25. The Balaban J connectivity index is 2.10. The lowest BCUT2D eigenvalue weighted by Gasteiger charge is -2.12. The van der Waals surface area contributed by atoms with Crippen LogP contribution in [0.5, 0.6) is 0 Å². The van der Waals surface area contributed by atoms with E-state index >= 15 is 0 Å². The molecule has 0 aliphatic heterocycles. The molecule has 3 N–H and O–H groups in total. The summed E-state index contributed by atoms with van der Waals surface area (Å²) in [5.74, 6) is 0.629. The van der Waals surface area contributed by atoms with Gasteiger partial charge in [0.2, 0.25) is 5.95 Å². The molecule has 1 heterocycles. The zero-order valence-electron chi connectivity index (χ0n) is 10.5. The zero-order valence-corrected chi connectivity index (χ0v) is 10.5. The summed E-state index contributed by atoms with van der Waals surface area (Å²) in [7, 11) is 0. The fourth-order valence-electron chi connectivity index (χ4n) is 1.49. The fourth-order valence-corrected chi connectivity index (χ4v) is 1.49. The Morgan fingerprint density at radius 1 is 1.37 bits per heavy atom. The molecule has 100 valence electrons. The highest BCUT2D eigenvalue weighted by Gasteiger charge is 2.03. The van der Waals surface area contributed by atoms with Gasteiger partial charge in [0.15, 0.2) is 0 Å². The Hall–Kier alpha value is -2.21. The smallest absolute Gasteiger partial charge is 0.229 e. The summed E-state index contributed by atoms with van der Waals surface area (Å²) in [5, 5.41) is 14.9. The average Bonchev–Trinajstić information content (AvgIpc) is 2.39. The van der Waals surface area contributed by atoms with Crippen LogP contribution in [0.2, 0.25) is 0 Å². The number of nitrogens with one attached hydrogen (secondary N) is 2. The van der Waals surface area contributed by atoms with Crippen molar-refractivity contribution in [2.24, 2.45) is 0 Å². The molecule has 19 heavy (non-hydrogen) atoms. The molecule has 0 amide bonds. The Bertz CT molecular complexity index is 550. The minimum atomic E-state index is -0.326. The van der Waals surface area contributed by atoms with E-state index in [1.807, 2.05) is 6.92 Å². The van der Waals surface area contributed by atoms with Gasteiger partial charge in [-0.25, -0.2) is 9.37 Å². The van der Waals surface area contributed by atoms with Gasteiger partial charge in [-0.3, -0.25) is 0 Å². The lowest BCUT2D eigenvalue weighted by Crippen LogP contribution is -2.20. The molecule has 0 radical (unpaired) electrons. The van der Waals surface area contributed by atoms with Gasteiger partial charge < -0.3 is 15.7 Å². The minimum Gasteiger partial charge on any atom is -0.394 e. The zero-order chi connectivity index (χ0) is 13.7. The highest BCUT2D eigenvalue weighted by atomic mass is 19.1. The molecule has 0 unspecified atom stereocenters. The highest BCUT2D eigenvalue weighted by Crippen LogP contribution is 2.15. The first-order valence-electron chi connectivity index (χ1n) is 5.90.